The van der Waals surface area contributed by atoms with Crippen molar-refractivity contribution in [1.82, 2.24) is 4.90 Å². The molecule has 2 rings (SSSR count). The highest BCUT2D eigenvalue weighted by Crippen LogP contribution is 2.32. The first-order valence-electron chi connectivity index (χ1n) is 6.60. The Bertz CT molecular complexity index is 490. The molecular weight excluding hydrogens is 294 g/mol. The van der Waals surface area contributed by atoms with Gasteiger partial charge in [-0.1, -0.05) is 5.16 Å². The summed E-state index contributed by atoms with van der Waals surface area (Å²) in [6.07, 6.45) is 1.45. The van der Waals surface area contributed by atoms with Crippen LogP contribution in [0.3, 0.4) is 0 Å². The van der Waals surface area contributed by atoms with Gasteiger partial charge >= 0.3 is 0 Å². The van der Waals surface area contributed by atoms with Crippen LogP contribution >= 0.6 is 23.1 Å². The fraction of sp³-hybridized carbons (Fsp3) is 0.538. The summed E-state index contributed by atoms with van der Waals surface area (Å²) in [7, 11) is 0. The van der Waals surface area contributed by atoms with E-state index in [0.717, 1.165) is 22.8 Å². The fourth-order valence-electron chi connectivity index (χ4n) is 2.11. The van der Waals surface area contributed by atoms with Crippen LogP contribution in [-0.2, 0) is 12.2 Å². The van der Waals surface area contributed by atoms with E-state index in [1.54, 1.807) is 16.2 Å². The molecule has 20 heavy (non-hydrogen) atoms. The van der Waals surface area contributed by atoms with Crippen molar-refractivity contribution >= 4 is 34.8 Å². The van der Waals surface area contributed by atoms with Gasteiger partial charge < -0.3 is 15.8 Å². The van der Waals surface area contributed by atoms with Gasteiger partial charge in [0.2, 0.25) is 0 Å². The van der Waals surface area contributed by atoms with Crippen molar-refractivity contribution < 1.29 is 10.0 Å². The standard InChI is InChI=1S/C13H19N3O2S2/c1-2-16(5-3-12(14)15-18)13(17)11-7-9-8-19-6-4-10(9)20-11/h7,18H,2-6,8H2,1H3,(H2,14,15). The Labute approximate surface area is 126 Å². The van der Waals surface area contributed by atoms with Gasteiger partial charge in [-0.05, 0) is 30.7 Å². The number of amides is 1. The van der Waals surface area contributed by atoms with Gasteiger partial charge in [0.05, 0.1) is 4.88 Å². The van der Waals surface area contributed by atoms with E-state index in [1.807, 2.05) is 24.8 Å². The second-order valence-electron chi connectivity index (χ2n) is 4.59. The molecule has 7 heteroatoms. The largest absolute Gasteiger partial charge is 0.409 e. The molecule has 0 aromatic carbocycles. The number of fused-ring (bicyclic) bond motifs is 1. The molecular formula is C13H19N3O2S2. The van der Waals surface area contributed by atoms with Crippen molar-refractivity contribution in [2.45, 2.75) is 25.5 Å². The highest BCUT2D eigenvalue weighted by Gasteiger charge is 2.21. The van der Waals surface area contributed by atoms with Crippen molar-refractivity contribution in [2.75, 3.05) is 18.8 Å². The number of thioether (sulfide) groups is 1. The lowest BCUT2D eigenvalue weighted by Crippen LogP contribution is -2.33. The highest BCUT2D eigenvalue weighted by atomic mass is 32.2. The summed E-state index contributed by atoms with van der Waals surface area (Å²) in [5.74, 6) is 2.35. The number of rotatable bonds is 5. The van der Waals surface area contributed by atoms with Gasteiger partial charge in [0.1, 0.15) is 5.84 Å². The number of nitrogens with two attached hydrogens (primary N) is 1. The molecule has 0 saturated heterocycles. The molecule has 1 aromatic heterocycles. The lowest BCUT2D eigenvalue weighted by atomic mass is 10.2. The van der Waals surface area contributed by atoms with E-state index in [1.165, 1.54) is 10.4 Å². The lowest BCUT2D eigenvalue weighted by Gasteiger charge is -2.19. The summed E-state index contributed by atoms with van der Waals surface area (Å²) in [5.41, 5.74) is 6.76. The summed E-state index contributed by atoms with van der Waals surface area (Å²) in [6.45, 7) is 3.03. The summed E-state index contributed by atoms with van der Waals surface area (Å²) in [5, 5.41) is 11.5. The molecule has 0 unspecified atom stereocenters. The maximum atomic E-state index is 12.5. The molecule has 1 aromatic rings. The van der Waals surface area contributed by atoms with E-state index in [0.29, 0.717) is 19.5 Å². The van der Waals surface area contributed by atoms with Crippen molar-refractivity contribution in [2.24, 2.45) is 10.9 Å². The number of carbonyl (C=O) groups excluding carboxylic acids is 1. The highest BCUT2D eigenvalue weighted by molar-refractivity contribution is 7.98. The predicted molar refractivity (Wildman–Crippen MR) is 83.8 cm³/mol. The molecule has 0 atom stereocenters. The van der Waals surface area contributed by atoms with Crippen molar-refractivity contribution in [3.63, 3.8) is 0 Å². The Morgan fingerprint density at radius 1 is 1.60 bits per heavy atom. The van der Waals surface area contributed by atoms with Crippen LogP contribution in [0.25, 0.3) is 0 Å². The minimum Gasteiger partial charge on any atom is -0.409 e. The molecule has 0 fully saturated rings. The Hall–Kier alpha value is -1.21. The molecule has 1 aliphatic heterocycles. The third kappa shape index (κ3) is 3.46. The summed E-state index contributed by atoms with van der Waals surface area (Å²) in [6, 6.07) is 2.03. The monoisotopic (exact) mass is 313 g/mol. The molecule has 2 heterocycles. The van der Waals surface area contributed by atoms with Crippen molar-refractivity contribution in [1.29, 1.82) is 0 Å². The Kier molecular flexibility index (Phi) is 5.31. The normalized spacial score (nSPS) is 14.9. The van der Waals surface area contributed by atoms with Crippen LogP contribution in [0, 0.1) is 0 Å². The van der Waals surface area contributed by atoms with E-state index < -0.39 is 0 Å². The number of aryl methyl sites for hydroxylation is 1. The van der Waals surface area contributed by atoms with Crippen LogP contribution in [0.5, 0.6) is 0 Å². The minimum atomic E-state index is 0.0441. The second-order valence-corrected chi connectivity index (χ2v) is 6.83. The predicted octanol–water partition coefficient (Wildman–Crippen LogP) is 2.14. The topological polar surface area (TPSA) is 78.9 Å². The van der Waals surface area contributed by atoms with E-state index >= 15 is 0 Å². The van der Waals surface area contributed by atoms with Crippen LogP contribution in [-0.4, -0.2) is 40.7 Å². The molecule has 1 amide bonds. The Morgan fingerprint density at radius 3 is 3.05 bits per heavy atom. The summed E-state index contributed by atoms with van der Waals surface area (Å²) in [4.78, 5) is 16.4. The van der Waals surface area contributed by atoms with Gasteiger partial charge in [-0.2, -0.15) is 11.8 Å². The van der Waals surface area contributed by atoms with Crippen molar-refractivity contribution in [3.05, 3.63) is 21.4 Å². The van der Waals surface area contributed by atoms with E-state index in [2.05, 4.69) is 5.16 Å². The quantitative estimate of drug-likeness (QED) is 0.378. The third-order valence-corrected chi connectivity index (χ3v) is 5.51. The number of oxime groups is 1. The lowest BCUT2D eigenvalue weighted by molar-refractivity contribution is 0.0773. The van der Waals surface area contributed by atoms with Gasteiger partial charge in [0, 0.05) is 30.1 Å². The van der Waals surface area contributed by atoms with E-state index in [4.69, 9.17) is 10.9 Å². The van der Waals surface area contributed by atoms with E-state index in [-0.39, 0.29) is 11.7 Å². The van der Waals surface area contributed by atoms with Crippen LogP contribution in [0.4, 0.5) is 0 Å². The first kappa shape index (κ1) is 15.2. The van der Waals surface area contributed by atoms with Crippen LogP contribution in [0.2, 0.25) is 0 Å². The summed E-state index contributed by atoms with van der Waals surface area (Å²) >= 11 is 3.53. The second kappa shape index (κ2) is 6.99. The zero-order valence-corrected chi connectivity index (χ0v) is 13.1. The molecule has 3 N–H and O–H groups in total. The molecule has 0 aliphatic carbocycles. The molecule has 0 bridgehead atoms. The fourth-order valence-corrected chi connectivity index (χ4v) is 4.45. The Balaban J connectivity index is 2.06. The van der Waals surface area contributed by atoms with Crippen LogP contribution < -0.4 is 5.73 Å². The number of carbonyl (C=O) groups is 1. The molecule has 0 saturated carbocycles. The average molecular weight is 313 g/mol. The van der Waals surface area contributed by atoms with Gasteiger partial charge in [-0.25, -0.2) is 0 Å². The summed E-state index contributed by atoms with van der Waals surface area (Å²) < 4.78 is 0. The molecule has 0 radical (unpaired) electrons. The number of thiophene rings is 1. The smallest absolute Gasteiger partial charge is 0.263 e. The van der Waals surface area contributed by atoms with Gasteiger partial charge in [0.15, 0.2) is 0 Å². The number of amidine groups is 1. The zero-order valence-electron chi connectivity index (χ0n) is 11.5. The maximum absolute atomic E-state index is 12.5. The van der Waals surface area contributed by atoms with Crippen molar-refractivity contribution in [3.8, 4) is 0 Å². The SMILES string of the molecule is CCN(CCC(N)=NO)C(=O)c1cc2c(s1)CCSC2. The average Bonchev–Trinajstić information content (AvgIpc) is 2.91. The number of nitrogens with zero attached hydrogens (tertiary/aromatic N) is 2. The van der Waals surface area contributed by atoms with Gasteiger partial charge in [-0.15, -0.1) is 11.3 Å². The number of hydrogen-bond donors (Lipinski definition) is 2. The number of hydrogen-bond acceptors (Lipinski definition) is 5. The van der Waals surface area contributed by atoms with Crippen LogP contribution in [0.15, 0.2) is 11.2 Å². The van der Waals surface area contributed by atoms with Gasteiger partial charge in [0.25, 0.3) is 5.91 Å². The molecule has 110 valence electrons. The Morgan fingerprint density at radius 2 is 2.40 bits per heavy atom. The first-order chi connectivity index (χ1) is 9.65. The van der Waals surface area contributed by atoms with E-state index in [9.17, 15) is 4.79 Å². The molecule has 1 aliphatic rings. The minimum absolute atomic E-state index is 0.0441. The van der Waals surface area contributed by atoms with Crippen LogP contribution in [0.1, 0.15) is 33.5 Å². The molecule has 0 spiro atoms. The van der Waals surface area contributed by atoms with Gasteiger partial charge in [-0.3, -0.25) is 4.79 Å². The molecule has 5 nitrogen and oxygen atoms in total. The third-order valence-electron chi connectivity index (χ3n) is 3.27. The first-order valence-corrected chi connectivity index (χ1v) is 8.57. The maximum Gasteiger partial charge on any atom is 0.263 e. The zero-order chi connectivity index (χ0) is 14.5.